The number of halogens is 1. The van der Waals surface area contributed by atoms with Gasteiger partial charge in [0.1, 0.15) is 5.75 Å². The van der Waals surface area contributed by atoms with E-state index in [1.54, 1.807) is 7.11 Å². The van der Waals surface area contributed by atoms with Crippen LogP contribution in [0.25, 0.3) is 0 Å². The number of hydrogen-bond donors (Lipinski definition) is 1. The quantitative estimate of drug-likeness (QED) is 0.901. The van der Waals surface area contributed by atoms with Crippen LogP contribution in [0.1, 0.15) is 34.1 Å². The fourth-order valence-electron chi connectivity index (χ4n) is 2.72. The highest BCUT2D eigenvalue weighted by Gasteiger charge is 2.45. The van der Waals surface area contributed by atoms with E-state index < -0.39 is 0 Å². The van der Waals surface area contributed by atoms with Gasteiger partial charge in [-0.05, 0) is 62.2 Å². The van der Waals surface area contributed by atoms with Gasteiger partial charge in [-0.1, -0.05) is 0 Å². The minimum atomic E-state index is -0.188. The second-order valence-corrected chi connectivity index (χ2v) is 7.07. The van der Waals surface area contributed by atoms with Crippen molar-refractivity contribution < 1.29 is 9.47 Å². The third-order valence-electron chi connectivity index (χ3n) is 3.58. The van der Waals surface area contributed by atoms with E-state index in [1.165, 1.54) is 0 Å². The number of anilines is 1. The first kappa shape index (κ1) is 14.7. The Morgan fingerprint density at radius 1 is 1.32 bits per heavy atom. The van der Waals surface area contributed by atoms with Crippen molar-refractivity contribution in [2.45, 2.75) is 51.4 Å². The molecule has 1 aromatic carbocycles. The molecule has 1 N–H and O–H groups in total. The van der Waals surface area contributed by atoms with Gasteiger partial charge in [-0.25, -0.2) is 0 Å². The molecule has 2 rings (SSSR count). The van der Waals surface area contributed by atoms with Crippen LogP contribution in [0.15, 0.2) is 22.7 Å². The molecule has 0 amide bonds. The summed E-state index contributed by atoms with van der Waals surface area (Å²) in [7, 11) is 1.68. The molecule has 3 nitrogen and oxygen atoms in total. The standard InChI is InChI=1S/C15H22BrNO2/c1-14(2)9-13(15(3,4)19-14)17-12-8-10(18-5)6-7-11(12)16/h6-8,13,17H,9H2,1-5H3. The SMILES string of the molecule is COc1ccc(Br)c(NC2CC(C)(C)OC2(C)C)c1. The Labute approximate surface area is 123 Å². The van der Waals surface area contributed by atoms with E-state index in [0.29, 0.717) is 0 Å². The van der Waals surface area contributed by atoms with E-state index in [4.69, 9.17) is 9.47 Å². The second-order valence-electron chi connectivity index (χ2n) is 6.21. The molecule has 1 atom stereocenters. The van der Waals surface area contributed by atoms with Crippen LogP contribution < -0.4 is 10.1 Å². The molecule has 1 saturated heterocycles. The molecule has 1 heterocycles. The van der Waals surface area contributed by atoms with Gasteiger partial charge in [-0.15, -0.1) is 0 Å². The van der Waals surface area contributed by atoms with E-state index in [9.17, 15) is 0 Å². The summed E-state index contributed by atoms with van der Waals surface area (Å²) in [5, 5.41) is 3.58. The zero-order valence-electron chi connectivity index (χ0n) is 12.2. The molecule has 19 heavy (non-hydrogen) atoms. The molecule has 1 aliphatic rings. The van der Waals surface area contributed by atoms with Crippen molar-refractivity contribution in [2.24, 2.45) is 0 Å². The zero-order chi connectivity index (χ0) is 14.3. The van der Waals surface area contributed by atoms with Crippen molar-refractivity contribution in [3.05, 3.63) is 22.7 Å². The molecule has 0 radical (unpaired) electrons. The van der Waals surface area contributed by atoms with Gasteiger partial charge < -0.3 is 14.8 Å². The Morgan fingerprint density at radius 2 is 2.00 bits per heavy atom. The monoisotopic (exact) mass is 327 g/mol. The van der Waals surface area contributed by atoms with Gasteiger partial charge in [0.15, 0.2) is 0 Å². The lowest BCUT2D eigenvalue weighted by Gasteiger charge is -2.28. The van der Waals surface area contributed by atoms with Crippen molar-refractivity contribution >= 4 is 21.6 Å². The number of ether oxygens (including phenoxy) is 2. The van der Waals surface area contributed by atoms with E-state index in [1.807, 2.05) is 18.2 Å². The van der Waals surface area contributed by atoms with Crippen LogP contribution in [0.3, 0.4) is 0 Å². The minimum absolute atomic E-state index is 0.0908. The van der Waals surface area contributed by atoms with Gasteiger partial charge >= 0.3 is 0 Å². The average molecular weight is 328 g/mol. The zero-order valence-corrected chi connectivity index (χ0v) is 13.8. The largest absolute Gasteiger partial charge is 0.497 e. The first-order chi connectivity index (χ1) is 8.73. The number of methoxy groups -OCH3 is 1. The third-order valence-corrected chi connectivity index (χ3v) is 4.27. The van der Waals surface area contributed by atoms with Crippen LogP contribution in [0.2, 0.25) is 0 Å². The molecule has 0 bridgehead atoms. The lowest BCUT2D eigenvalue weighted by Crippen LogP contribution is -2.38. The topological polar surface area (TPSA) is 30.5 Å². The van der Waals surface area contributed by atoms with Crippen molar-refractivity contribution in [1.82, 2.24) is 0 Å². The predicted octanol–water partition coefficient (Wildman–Crippen LogP) is 4.22. The average Bonchev–Trinajstić information content (AvgIpc) is 2.49. The Kier molecular flexibility index (Phi) is 3.85. The van der Waals surface area contributed by atoms with Gasteiger partial charge in [0.25, 0.3) is 0 Å². The lowest BCUT2D eigenvalue weighted by molar-refractivity contribution is -0.0662. The van der Waals surface area contributed by atoms with Crippen molar-refractivity contribution in [2.75, 3.05) is 12.4 Å². The summed E-state index contributed by atoms with van der Waals surface area (Å²) >= 11 is 3.57. The normalized spacial score (nSPS) is 24.2. The summed E-state index contributed by atoms with van der Waals surface area (Å²) < 4.78 is 12.4. The number of rotatable bonds is 3. The van der Waals surface area contributed by atoms with E-state index in [2.05, 4.69) is 48.9 Å². The number of benzene rings is 1. The predicted molar refractivity (Wildman–Crippen MR) is 82.0 cm³/mol. The van der Waals surface area contributed by atoms with Crippen molar-refractivity contribution in [3.8, 4) is 5.75 Å². The molecule has 0 spiro atoms. The summed E-state index contributed by atoms with van der Waals surface area (Å²) in [5.41, 5.74) is 0.761. The summed E-state index contributed by atoms with van der Waals surface area (Å²) in [5.74, 6) is 0.849. The van der Waals surface area contributed by atoms with E-state index in [-0.39, 0.29) is 17.2 Å². The second kappa shape index (κ2) is 4.98. The Hall–Kier alpha value is -0.740. The highest BCUT2D eigenvalue weighted by molar-refractivity contribution is 9.10. The van der Waals surface area contributed by atoms with Gasteiger partial charge in [0.2, 0.25) is 0 Å². The van der Waals surface area contributed by atoms with Gasteiger partial charge in [0.05, 0.1) is 30.0 Å². The highest BCUT2D eigenvalue weighted by atomic mass is 79.9. The first-order valence-electron chi connectivity index (χ1n) is 6.54. The Bertz CT molecular complexity index is 471. The summed E-state index contributed by atoms with van der Waals surface area (Å²) in [6.07, 6.45) is 0.976. The summed E-state index contributed by atoms with van der Waals surface area (Å²) in [6.45, 7) is 8.54. The maximum Gasteiger partial charge on any atom is 0.121 e. The summed E-state index contributed by atoms with van der Waals surface area (Å²) in [6, 6.07) is 6.21. The molecule has 1 aromatic rings. The molecule has 1 unspecified atom stereocenters. The molecule has 0 saturated carbocycles. The van der Waals surface area contributed by atoms with Crippen LogP contribution in [0.4, 0.5) is 5.69 Å². The fourth-order valence-corrected chi connectivity index (χ4v) is 3.08. The number of nitrogens with one attached hydrogen (secondary N) is 1. The molecule has 0 aliphatic carbocycles. The van der Waals surface area contributed by atoms with E-state index >= 15 is 0 Å². The maximum absolute atomic E-state index is 6.11. The van der Waals surface area contributed by atoms with Crippen LogP contribution >= 0.6 is 15.9 Å². The third kappa shape index (κ3) is 3.23. The molecular formula is C15H22BrNO2. The summed E-state index contributed by atoms with van der Waals surface area (Å²) in [4.78, 5) is 0. The highest BCUT2D eigenvalue weighted by Crippen LogP contribution is 2.40. The van der Waals surface area contributed by atoms with Gasteiger partial charge in [-0.3, -0.25) is 0 Å². The van der Waals surface area contributed by atoms with Gasteiger partial charge in [-0.2, -0.15) is 0 Å². The molecule has 1 aliphatic heterocycles. The Balaban J connectivity index is 2.22. The molecular weight excluding hydrogens is 306 g/mol. The van der Waals surface area contributed by atoms with Crippen molar-refractivity contribution in [1.29, 1.82) is 0 Å². The number of hydrogen-bond acceptors (Lipinski definition) is 3. The minimum Gasteiger partial charge on any atom is -0.497 e. The van der Waals surface area contributed by atoms with E-state index in [0.717, 1.165) is 22.3 Å². The molecule has 4 heteroatoms. The van der Waals surface area contributed by atoms with Crippen LogP contribution in [0.5, 0.6) is 5.75 Å². The van der Waals surface area contributed by atoms with Crippen LogP contribution in [-0.2, 0) is 4.74 Å². The van der Waals surface area contributed by atoms with Crippen molar-refractivity contribution in [3.63, 3.8) is 0 Å². The van der Waals surface area contributed by atoms with Crippen LogP contribution in [-0.4, -0.2) is 24.4 Å². The lowest BCUT2D eigenvalue weighted by atomic mass is 9.94. The Morgan fingerprint density at radius 3 is 2.53 bits per heavy atom. The van der Waals surface area contributed by atoms with Crippen LogP contribution in [0, 0.1) is 0 Å². The first-order valence-corrected chi connectivity index (χ1v) is 7.33. The molecule has 0 aromatic heterocycles. The molecule has 1 fully saturated rings. The molecule has 106 valence electrons. The van der Waals surface area contributed by atoms with Gasteiger partial charge in [0, 0.05) is 10.5 Å². The smallest absolute Gasteiger partial charge is 0.121 e. The maximum atomic E-state index is 6.11. The fraction of sp³-hybridized carbons (Fsp3) is 0.600.